The molecule has 0 unspecified atom stereocenters. The molecule has 3 aliphatic heterocycles. The summed E-state index contributed by atoms with van der Waals surface area (Å²) in [4.78, 5) is 17.5. The molecule has 0 amide bonds. The fourth-order valence-corrected chi connectivity index (χ4v) is 7.06. The van der Waals surface area contributed by atoms with E-state index in [2.05, 4.69) is 25.8 Å². The summed E-state index contributed by atoms with van der Waals surface area (Å²) in [5.41, 5.74) is -0.695. The number of ether oxygens (including phenoxy) is 1. The van der Waals surface area contributed by atoms with Crippen LogP contribution in [-0.2, 0) is 0 Å². The number of benzene rings is 2. The van der Waals surface area contributed by atoms with Gasteiger partial charge in [-0.2, -0.15) is 9.97 Å². The van der Waals surface area contributed by atoms with Crippen LogP contribution in [0, 0.1) is 24.0 Å². The Hall–Kier alpha value is -4.14. The van der Waals surface area contributed by atoms with Crippen LogP contribution in [0.5, 0.6) is 11.8 Å². The number of piperidine rings is 1. The van der Waals surface area contributed by atoms with Gasteiger partial charge in [-0.25, -0.2) is 13.2 Å². The Morgan fingerprint density at radius 2 is 2.00 bits per heavy atom. The number of anilines is 1. The molecule has 3 fully saturated rings. The molecule has 0 spiro atoms. The number of aliphatic hydroxyl groups is 1. The number of halogens is 3. The van der Waals surface area contributed by atoms with Crippen molar-refractivity contribution in [1.29, 1.82) is 0 Å². The quantitative estimate of drug-likeness (QED) is 0.323. The topological polar surface area (TPSA) is 94.8 Å². The number of aromatic nitrogens is 3. The van der Waals surface area contributed by atoms with Crippen LogP contribution in [0.15, 0.2) is 30.5 Å². The molecule has 43 heavy (non-hydrogen) atoms. The van der Waals surface area contributed by atoms with Crippen LogP contribution in [0.4, 0.5) is 19.0 Å². The molecule has 0 saturated carbocycles. The minimum atomic E-state index is -0.937. The van der Waals surface area contributed by atoms with E-state index in [0.29, 0.717) is 48.9 Å². The van der Waals surface area contributed by atoms with Crippen molar-refractivity contribution in [3.8, 4) is 35.4 Å². The smallest absolute Gasteiger partial charge is 0.319 e. The van der Waals surface area contributed by atoms with Gasteiger partial charge in [-0.3, -0.25) is 9.88 Å². The lowest BCUT2D eigenvalue weighted by atomic mass is 9.95. The Morgan fingerprint density at radius 1 is 1.14 bits per heavy atom. The molecular weight excluding hydrogens is 559 g/mol. The van der Waals surface area contributed by atoms with E-state index >= 15 is 4.39 Å². The van der Waals surface area contributed by atoms with Crippen LogP contribution in [0.3, 0.4) is 0 Å². The fraction of sp³-hybridized carbons (Fsp3) is 0.406. The summed E-state index contributed by atoms with van der Waals surface area (Å²) in [6, 6.07) is 5.29. The third kappa shape index (κ3) is 4.69. The number of aromatic hydroxyl groups is 1. The monoisotopic (exact) mass is 589 g/mol. The van der Waals surface area contributed by atoms with Gasteiger partial charge in [0, 0.05) is 43.2 Å². The molecule has 2 N–H and O–H groups in total. The van der Waals surface area contributed by atoms with Crippen LogP contribution < -0.4 is 9.64 Å². The summed E-state index contributed by atoms with van der Waals surface area (Å²) in [5.74, 6) is 1.05. The van der Waals surface area contributed by atoms with Crippen molar-refractivity contribution in [2.24, 2.45) is 0 Å². The molecule has 11 heteroatoms. The maximum absolute atomic E-state index is 16.6. The zero-order valence-corrected chi connectivity index (χ0v) is 23.4. The molecule has 222 valence electrons. The number of rotatable bonds is 5. The number of nitrogens with zero attached hydrogens (tertiary/aromatic N) is 5. The van der Waals surface area contributed by atoms with Crippen molar-refractivity contribution in [2.75, 3.05) is 37.7 Å². The van der Waals surface area contributed by atoms with E-state index in [-0.39, 0.29) is 52.6 Å². The summed E-state index contributed by atoms with van der Waals surface area (Å²) in [7, 11) is 0. The Labute approximate surface area is 246 Å². The third-order valence-electron chi connectivity index (χ3n) is 9.02. The number of hydrogen-bond donors (Lipinski definition) is 2. The normalized spacial score (nSPS) is 24.0. The molecule has 4 aromatic rings. The molecule has 0 bridgehead atoms. The second-order valence-electron chi connectivity index (χ2n) is 11.8. The number of phenolic OH excluding ortho intramolecular Hbond substituents is 1. The first-order valence-electron chi connectivity index (χ1n) is 14.5. The van der Waals surface area contributed by atoms with Crippen LogP contribution in [0.25, 0.3) is 32.9 Å². The third-order valence-corrected chi connectivity index (χ3v) is 9.02. The highest BCUT2D eigenvalue weighted by Crippen LogP contribution is 2.42. The first-order chi connectivity index (χ1) is 20.8. The van der Waals surface area contributed by atoms with E-state index in [1.807, 2.05) is 4.90 Å². The molecule has 3 atom stereocenters. The lowest BCUT2D eigenvalue weighted by molar-refractivity contribution is 0.107. The van der Waals surface area contributed by atoms with Crippen molar-refractivity contribution < 1.29 is 28.1 Å². The SMILES string of the molecule is C#Cc1c(F)ccc2cc(O)cc(-c3ncc4c(N5CCC[C@@H](O)C5)nc(OC[C@@]56CCCN5C[C@H](F)C6)nc4c3F)c12. The molecule has 7 rings (SSSR count). The van der Waals surface area contributed by atoms with Gasteiger partial charge in [0.1, 0.15) is 41.4 Å². The van der Waals surface area contributed by atoms with Gasteiger partial charge in [0.2, 0.25) is 0 Å². The van der Waals surface area contributed by atoms with Crippen molar-refractivity contribution in [2.45, 2.75) is 49.9 Å². The highest BCUT2D eigenvalue weighted by atomic mass is 19.1. The van der Waals surface area contributed by atoms with E-state index < -0.39 is 29.4 Å². The van der Waals surface area contributed by atoms with E-state index in [4.69, 9.17) is 11.2 Å². The molecule has 8 nitrogen and oxygen atoms in total. The number of hydrogen-bond acceptors (Lipinski definition) is 8. The van der Waals surface area contributed by atoms with Crippen LogP contribution in [0.2, 0.25) is 0 Å². The van der Waals surface area contributed by atoms with Crippen molar-refractivity contribution in [3.05, 3.63) is 47.7 Å². The molecule has 2 aromatic carbocycles. The van der Waals surface area contributed by atoms with Crippen LogP contribution in [0.1, 0.15) is 37.7 Å². The summed E-state index contributed by atoms with van der Waals surface area (Å²) in [6.07, 6.45) is 8.98. The first-order valence-corrected chi connectivity index (χ1v) is 14.5. The number of terminal acetylenes is 1. The number of fused-ring (bicyclic) bond motifs is 3. The van der Waals surface area contributed by atoms with E-state index in [9.17, 15) is 19.0 Å². The Balaban J connectivity index is 1.38. The van der Waals surface area contributed by atoms with E-state index in [1.54, 1.807) is 0 Å². The Morgan fingerprint density at radius 3 is 2.81 bits per heavy atom. The number of β-amino-alcohol motifs (C(OH)–C–C–N with tert-alkyl or cyclic N) is 1. The van der Waals surface area contributed by atoms with Gasteiger partial charge in [-0.15, -0.1) is 6.42 Å². The minimum Gasteiger partial charge on any atom is -0.508 e. The van der Waals surface area contributed by atoms with Gasteiger partial charge in [0.15, 0.2) is 5.82 Å². The summed E-state index contributed by atoms with van der Waals surface area (Å²) in [6.45, 7) is 2.18. The molecule has 3 saturated heterocycles. The maximum Gasteiger partial charge on any atom is 0.319 e. The van der Waals surface area contributed by atoms with Gasteiger partial charge in [0.05, 0.1) is 22.6 Å². The van der Waals surface area contributed by atoms with Crippen molar-refractivity contribution in [1.82, 2.24) is 19.9 Å². The van der Waals surface area contributed by atoms with Crippen molar-refractivity contribution >= 4 is 27.5 Å². The van der Waals surface area contributed by atoms with Gasteiger partial charge >= 0.3 is 6.01 Å². The number of aliphatic hydroxyl groups excluding tert-OH is 1. The minimum absolute atomic E-state index is 0.0710. The summed E-state index contributed by atoms with van der Waals surface area (Å²) < 4.78 is 51.8. The molecular formula is C32H30F3N5O3. The van der Waals surface area contributed by atoms with Crippen LogP contribution >= 0.6 is 0 Å². The fourth-order valence-electron chi connectivity index (χ4n) is 7.06. The second kappa shape index (κ2) is 10.5. The average Bonchev–Trinajstić information content (AvgIpc) is 3.51. The maximum atomic E-state index is 16.6. The van der Waals surface area contributed by atoms with Crippen molar-refractivity contribution in [3.63, 3.8) is 0 Å². The van der Waals surface area contributed by atoms with E-state index in [0.717, 1.165) is 19.4 Å². The number of phenols is 1. The van der Waals surface area contributed by atoms with Gasteiger partial charge in [-0.05, 0) is 55.8 Å². The Bertz CT molecular complexity index is 1800. The molecule has 0 aliphatic carbocycles. The molecule has 0 radical (unpaired) electrons. The molecule has 3 aliphatic rings. The van der Waals surface area contributed by atoms with Gasteiger partial charge in [0.25, 0.3) is 0 Å². The standard InChI is InChI=1S/C32H30F3N5O3/c1-2-22-25(34)7-6-18-11-21(42)12-23(26(18)22)28-27(35)29-24(14-36-28)30(39-9-3-5-20(41)16-39)38-31(37-29)43-17-32-8-4-10-40(32)15-19(33)13-32/h1,6-7,11-12,14,19-20,41-42H,3-5,8-10,13,15-17H2/t19-,20-,32+/m1/s1. The highest BCUT2D eigenvalue weighted by Gasteiger charge is 2.49. The lowest BCUT2D eigenvalue weighted by Gasteiger charge is -2.32. The molecule has 2 aromatic heterocycles. The predicted molar refractivity (Wildman–Crippen MR) is 156 cm³/mol. The number of alkyl halides is 1. The average molecular weight is 590 g/mol. The summed E-state index contributed by atoms with van der Waals surface area (Å²) >= 11 is 0. The number of pyridine rings is 1. The van der Waals surface area contributed by atoms with Gasteiger partial charge in [-0.1, -0.05) is 12.0 Å². The largest absolute Gasteiger partial charge is 0.508 e. The first kappa shape index (κ1) is 27.7. The second-order valence-corrected chi connectivity index (χ2v) is 11.8. The zero-order valence-electron chi connectivity index (χ0n) is 23.4. The van der Waals surface area contributed by atoms with Gasteiger partial charge < -0.3 is 19.8 Å². The van der Waals surface area contributed by atoms with Crippen LogP contribution in [-0.4, -0.2) is 80.7 Å². The lowest BCUT2D eigenvalue weighted by Crippen LogP contribution is -2.43. The predicted octanol–water partition coefficient (Wildman–Crippen LogP) is 4.73. The van der Waals surface area contributed by atoms with E-state index in [1.165, 1.54) is 30.5 Å². The Kier molecular flexibility index (Phi) is 6.78. The summed E-state index contributed by atoms with van der Waals surface area (Å²) in [5, 5.41) is 21.8. The zero-order chi connectivity index (χ0) is 29.9. The highest BCUT2D eigenvalue weighted by molar-refractivity contribution is 6.03. The molecule has 5 heterocycles.